The molecular formula is C16H16BrNO2. The second-order valence-electron chi connectivity index (χ2n) is 4.78. The van der Waals surface area contributed by atoms with Crippen LogP contribution in [0.1, 0.15) is 18.1 Å². The van der Waals surface area contributed by atoms with Crippen molar-refractivity contribution in [1.29, 1.82) is 0 Å². The lowest BCUT2D eigenvalue weighted by Gasteiger charge is -2.27. The van der Waals surface area contributed by atoms with Crippen molar-refractivity contribution in [2.45, 2.75) is 19.0 Å². The van der Waals surface area contributed by atoms with Gasteiger partial charge >= 0.3 is 5.97 Å². The summed E-state index contributed by atoms with van der Waals surface area (Å²) in [5.41, 5.74) is 0.664. The number of nitrogens with one attached hydrogen (secondary N) is 1. The Morgan fingerprint density at radius 3 is 2.30 bits per heavy atom. The van der Waals surface area contributed by atoms with E-state index in [1.165, 1.54) is 0 Å². The van der Waals surface area contributed by atoms with Gasteiger partial charge in [0.25, 0.3) is 0 Å². The van der Waals surface area contributed by atoms with Crippen LogP contribution in [0.3, 0.4) is 0 Å². The minimum atomic E-state index is -1.11. The highest BCUT2D eigenvalue weighted by atomic mass is 79.9. The second-order valence-corrected chi connectivity index (χ2v) is 5.69. The zero-order valence-electron chi connectivity index (χ0n) is 11.1. The van der Waals surface area contributed by atoms with Crippen LogP contribution in [0.25, 0.3) is 0 Å². The summed E-state index contributed by atoms with van der Waals surface area (Å²) in [7, 11) is 0. The lowest BCUT2D eigenvalue weighted by atomic mass is 9.92. The predicted octanol–water partition coefficient (Wildman–Crippen LogP) is 3.54. The van der Waals surface area contributed by atoms with E-state index in [1.807, 2.05) is 54.6 Å². The molecule has 0 saturated carbocycles. The van der Waals surface area contributed by atoms with Crippen molar-refractivity contribution in [3.63, 3.8) is 0 Å². The van der Waals surface area contributed by atoms with E-state index in [-0.39, 0.29) is 0 Å². The first-order valence-corrected chi connectivity index (χ1v) is 7.10. The number of hydrogen-bond acceptors (Lipinski definition) is 2. The number of aliphatic carboxylic acids is 1. The molecule has 2 N–H and O–H groups in total. The standard InChI is InChI=1S/C16H16BrNO2/c1-16(15(19)20,13-7-9-14(17)10-8-13)18-11-12-5-3-2-4-6-12/h2-10,18H,11H2,1H3,(H,19,20). The highest BCUT2D eigenvalue weighted by Gasteiger charge is 2.34. The van der Waals surface area contributed by atoms with Crippen molar-refractivity contribution in [3.8, 4) is 0 Å². The quantitative estimate of drug-likeness (QED) is 0.879. The minimum absolute atomic E-state index is 0.500. The summed E-state index contributed by atoms with van der Waals surface area (Å²) in [4.78, 5) is 11.7. The summed E-state index contributed by atoms with van der Waals surface area (Å²) in [6, 6.07) is 17.1. The van der Waals surface area contributed by atoms with E-state index in [2.05, 4.69) is 21.2 Å². The molecule has 2 aromatic rings. The maximum absolute atomic E-state index is 11.7. The number of carboxylic acid groups (broad SMARTS) is 1. The van der Waals surface area contributed by atoms with Crippen molar-refractivity contribution in [2.24, 2.45) is 0 Å². The van der Waals surface area contributed by atoms with Gasteiger partial charge in [0, 0.05) is 11.0 Å². The molecule has 0 aromatic heterocycles. The fourth-order valence-corrected chi connectivity index (χ4v) is 2.22. The lowest BCUT2D eigenvalue weighted by molar-refractivity contribution is -0.144. The maximum atomic E-state index is 11.7. The van der Waals surface area contributed by atoms with Crippen LogP contribution < -0.4 is 5.32 Å². The van der Waals surface area contributed by atoms with Crippen LogP contribution in [-0.2, 0) is 16.9 Å². The van der Waals surface area contributed by atoms with Crippen LogP contribution in [0.15, 0.2) is 59.1 Å². The monoisotopic (exact) mass is 333 g/mol. The summed E-state index contributed by atoms with van der Waals surface area (Å²) in [5.74, 6) is -0.893. The summed E-state index contributed by atoms with van der Waals surface area (Å²) in [6.45, 7) is 2.18. The van der Waals surface area contributed by atoms with E-state index < -0.39 is 11.5 Å². The van der Waals surface area contributed by atoms with E-state index in [4.69, 9.17) is 0 Å². The third-order valence-electron chi connectivity index (χ3n) is 3.34. The SMILES string of the molecule is CC(NCc1ccccc1)(C(=O)O)c1ccc(Br)cc1. The van der Waals surface area contributed by atoms with Crippen molar-refractivity contribution < 1.29 is 9.90 Å². The van der Waals surface area contributed by atoms with E-state index in [0.717, 1.165) is 15.6 Å². The Morgan fingerprint density at radius 1 is 1.15 bits per heavy atom. The molecule has 0 fully saturated rings. The van der Waals surface area contributed by atoms with Gasteiger partial charge in [-0.3, -0.25) is 5.32 Å². The van der Waals surface area contributed by atoms with Crippen LogP contribution >= 0.6 is 15.9 Å². The normalized spacial score (nSPS) is 13.7. The van der Waals surface area contributed by atoms with Gasteiger partial charge in [0.1, 0.15) is 5.54 Å². The molecule has 0 aliphatic carbocycles. The molecule has 0 heterocycles. The number of rotatable bonds is 5. The van der Waals surface area contributed by atoms with Crippen molar-refractivity contribution in [3.05, 3.63) is 70.2 Å². The van der Waals surface area contributed by atoms with Crippen LogP contribution in [0, 0.1) is 0 Å². The van der Waals surface area contributed by atoms with Crippen LogP contribution in [-0.4, -0.2) is 11.1 Å². The molecule has 0 spiro atoms. The Balaban J connectivity index is 2.21. The number of halogens is 1. The first kappa shape index (κ1) is 14.8. The Kier molecular flexibility index (Phi) is 4.57. The highest BCUT2D eigenvalue weighted by molar-refractivity contribution is 9.10. The van der Waals surface area contributed by atoms with Crippen LogP contribution in [0.2, 0.25) is 0 Å². The smallest absolute Gasteiger partial charge is 0.328 e. The number of hydrogen-bond donors (Lipinski definition) is 2. The van der Waals surface area contributed by atoms with Crippen LogP contribution in [0.5, 0.6) is 0 Å². The summed E-state index contributed by atoms with van der Waals surface area (Å²) < 4.78 is 0.928. The Labute approximate surface area is 126 Å². The summed E-state index contributed by atoms with van der Waals surface area (Å²) >= 11 is 3.36. The number of carbonyl (C=O) groups is 1. The van der Waals surface area contributed by atoms with Gasteiger partial charge < -0.3 is 5.11 Å². The molecule has 1 unspecified atom stereocenters. The van der Waals surface area contributed by atoms with Gasteiger partial charge in [-0.2, -0.15) is 0 Å². The fraction of sp³-hybridized carbons (Fsp3) is 0.188. The van der Waals surface area contributed by atoms with Gasteiger partial charge in [-0.25, -0.2) is 4.79 Å². The number of carboxylic acids is 1. The molecule has 0 saturated heterocycles. The van der Waals surface area contributed by atoms with Gasteiger partial charge in [-0.15, -0.1) is 0 Å². The molecule has 0 radical (unpaired) electrons. The van der Waals surface area contributed by atoms with Gasteiger partial charge in [-0.1, -0.05) is 58.4 Å². The molecule has 4 heteroatoms. The average Bonchev–Trinajstić information content (AvgIpc) is 2.46. The first-order valence-electron chi connectivity index (χ1n) is 6.31. The lowest BCUT2D eigenvalue weighted by Crippen LogP contribution is -2.46. The van der Waals surface area contributed by atoms with Crippen molar-refractivity contribution in [2.75, 3.05) is 0 Å². The van der Waals surface area contributed by atoms with E-state index in [9.17, 15) is 9.90 Å². The molecule has 104 valence electrons. The van der Waals surface area contributed by atoms with Crippen molar-refractivity contribution >= 4 is 21.9 Å². The molecule has 0 aliphatic rings. The van der Waals surface area contributed by atoms with E-state index in [0.29, 0.717) is 6.54 Å². The average molecular weight is 334 g/mol. The van der Waals surface area contributed by atoms with E-state index in [1.54, 1.807) is 6.92 Å². The second kappa shape index (κ2) is 6.20. The molecule has 2 aromatic carbocycles. The van der Waals surface area contributed by atoms with Crippen LogP contribution in [0.4, 0.5) is 0 Å². The van der Waals surface area contributed by atoms with Crippen molar-refractivity contribution in [1.82, 2.24) is 5.32 Å². The molecule has 3 nitrogen and oxygen atoms in total. The third-order valence-corrected chi connectivity index (χ3v) is 3.87. The molecular weight excluding hydrogens is 318 g/mol. The summed E-state index contributed by atoms with van der Waals surface area (Å²) in [5, 5.41) is 12.7. The predicted molar refractivity (Wildman–Crippen MR) is 82.4 cm³/mol. The largest absolute Gasteiger partial charge is 0.480 e. The zero-order chi connectivity index (χ0) is 14.6. The van der Waals surface area contributed by atoms with Gasteiger partial charge in [0.05, 0.1) is 0 Å². The number of benzene rings is 2. The third kappa shape index (κ3) is 3.26. The minimum Gasteiger partial charge on any atom is -0.480 e. The molecule has 20 heavy (non-hydrogen) atoms. The summed E-state index contributed by atoms with van der Waals surface area (Å²) in [6.07, 6.45) is 0. The highest BCUT2D eigenvalue weighted by Crippen LogP contribution is 2.23. The van der Waals surface area contributed by atoms with Gasteiger partial charge in [0.15, 0.2) is 0 Å². The van der Waals surface area contributed by atoms with E-state index >= 15 is 0 Å². The molecule has 0 bridgehead atoms. The molecule has 0 amide bonds. The van der Waals surface area contributed by atoms with Gasteiger partial charge in [0.2, 0.25) is 0 Å². The fourth-order valence-electron chi connectivity index (χ4n) is 1.96. The topological polar surface area (TPSA) is 49.3 Å². The molecule has 2 rings (SSSR count). The molecule has 1 atom stereocenters. The zero-order valence-corrected chi connectivity index (χ0v) is 12.7. The Bertz CT molecular complexity index is 583. The maximum Gasteiger partial charge on any atom is 0.328 e. The Hall–Kier alpha value is -1.65. The van der Waals surface area contributed by atoms with Gasteiger partial charge in [-0.05, 0) is 30.2 Å². The first-order chi connectivity index (χ1) is 9.52. The Morgan fingerprint density at radius 2 is 1.75 bits per heavy atom. The molecule has 0 aliphatic heterocycles.